The van der Waals surface area contributed by atoms with Gasteiger partial charge in [0.2, 0.25) is 12.7 Å². The van der Waals surface area contributed by atoms with Crippen molar-refractivity contribution in [2.24, 2.45) is 12.1 Å². The van der Waals surface area contributed by atoms with E-state index in [1.807, 2.05) is 60.1 Å². The van der Waals surface area contributed by atoms with Crippen molar-refractivity contribution in [3.8, 4) is 11.5 Å². The monoisotopic (exact) mass is 335 g/mol. The Morgan fingerprint density at radius 1 is 1.20 bits per heavy atom. The summed E-state index contributed by atoms with van der Waals surface area (Å²) >= 11 is 0. The van der Waals surface area contributed by atoms with E-state index in [4.69, 9.17) is 9.47 Å². The van der Waals surface area contributed by atoms with Crippen LogP contribution in [0.15, 0.2) is 53.6 Å². The van der Waals surface area contributed by atoms with Crippen LogP contribution in [0.1, 0.15) is 11.3 Å². The molecule has 1 aliphatic heterocycles. The smallest absolute Gasteiger partial charge is 0.245 e. The first-order chi connectivity index (χ1) is 12.2. The Labute approximate surface area is 144 Å². The van der Waals surface area contributed by atoms with E-state index in [1.165, 1.54) is 0 Å². The highest BCUT2D eigenvalue weighted by molar-refractivity contribution is 5.86. The van der Waals surface area contributed by atoms with Gasteiger partial charge in [0, 0.05) is 18.3 Å². The molecule has 6 heteroatoms. The summed E-state index contributed by atoms with van der Waals surface area (Å²) in [6, 6.07) is 15.6. The number of nitrogens with zero attached hydrogens (tertiary/aromatic N) is 2. The van der Waals surface area contributed by atoms with E-state index in [2.05, 4.69) is 10.5 Å². The van der Waals surface area contributed by atoms with Crippen molar-refractivity contribution in [1.82, 2.24) is 9.99 Å². The highest BCUT2D eigenvalue weighted by Gasteiger charge is 2.12. The molecule has 1 aliphatic rings. The average Bonchev–Trinajstić information content (AvgIpc) is 3.20. The van der Waals surface area contributed by atoms with E-state index in [0.717, 1.165) is 27.9 Å². The van der Waals surface area contributed by atoms with Gasteiger partial charge in [-0.15, -0.1) is 0 Å². The number of aromatic nitrogens is 1. The first kappa shape index (κ1) is 15.3. The third-order valence-electron chi connectivity index (χ3n) is 4.19. The van der Waals surface area contributed by atoms with Crippen molar-refractivity contribution in [2.75, 3.05) is 6.79 Å². The van der Waals surface area contributed by atoms with Crippen LogP contribution < -0.4 is 14.9 Å². The lowest BCUT2D eigenvalue weighted by Gasteiger charge is -2.03. The second-order valence-electron chi connectivity index (χ2n) is 5.84. The summed E-state index contributed by atoms with van der Waals surface area (Å²) in [7, 11) is 1.96. The van der Waals surface area contributed by atoms with Crippen molar-refractivity contribution in [3.05, 3.63) is 59.8 Å². The lowest BCUT2D eigenvalue weighted by atomic mass is 10.2. The molecule has 3 aromatic rings. The maximum Gasteiger partial charge on any atom is 0.245 e. The number of aryl methyl sites for hydroxylation is 1. The SMILES string of the molecule is Cn1c(CC(=O)N/N=C\c2ccc3c(c2)OCO3)cc2ccccc21. The Hall–Kier alpha value is -3.28. The molecular weight excluding hydrogens is 318 g/mol. The summed E-state index contributed by atoms with van der Waals surface area (Å²) in [5.41, 5.74) is 5.44. The molecule has 0 saturated heterocycles. The van der Waals surface area contributed by atoms with Crippen molar-refractivity contribution in [2.45, 2.75) is 6.42 Å². The normalized spacial score (nSPS) is 12.8. The van der Waals surface area contributed by atoms with Gasteiger partial charge in [0.05, 0.1) is 12.6 Å². The maximum absolute atomic E-state index is 12.1. The molecule has 1 aromatic heterocycles. The summed E-state index contributed by atoms with van der Waals surface area (Å²) in [6.45, 7) is 0.234. The Balaban J connectivity index is 1.41. The van der Waals surface area contributed by atoms with Crippen LogP contribution in [0.3, 0.4) is 0 Å². The number of carbonyl (C=O) groups is 1. The van der Waals surface area contributed by atoms with Gasteiger partial charge in [-0.2, -0.15) is 5.10 Å². The molecule has 0 radical (unpaired) electrons. The molecule has 1 N–H and O–H groups in total. The highest BCUT2D eigenvalue weighted by Crippen LogP contribution is 2.31. The fourth-order valence-corrected chi connectivity index (χ4v) is 2.89. The third kappa shape index (κ3) is 3.06. The molecule has 25 heavy (non-hydrogen) atoms. The maximum atomic E-state index is 12.1. The standard InChI is InChI=1S/C19H17N3O3/c1-22-15(9-14-4-2-3-5-16(14)22)10-19(23)21-20-11-13-6-7-17-18(8-13)25-12-24-17/h2-9,11H,10,12H2,1H3,(H,21,23)/b20-11-. The van der Waals surface area contributed by atoms with E-state index in [1.54, 1.807) is 6.21 Å². The Kier molecular flexibility index (Phi) is 3.85. The molecule has 0 aliphatic carbocycles. The number of hydrogen-bond donors (Lipinski definition) is 1. The number of para-hydroxylation sites is 1. The number of ether oxygens (including phenoxy) is 2. The summed E-state index contributed by atoms with van der Waals surface area (Å²) in [6.07, 6.45) is 1.85. The number of benzene rings is 2. The molecule has 0 fully saturated rings. The van der Waals surface area contributed by atoms with Crippen LogP contribution >= 0.6 is 0 Å². The zero-order valence-electron chi connectivity index (χ0n) is 13.7. The molecule has 4 rings (SSSR count). The molecule has 0 saturated carbocycles. The zero-order chi connectivity index (χ0) is 17.2. The second kappa shape index (κ2) is 6.32. The summed E-state index contributed by atoms with van der Waals surface area (Å²) < 4.78 is 12.6. The molecule has 126 valence electrons. The van der Waals surface area contributed by atoms with Gasteiger partial charge in [-0.3, -0.25) is 4.79 Å². The Morgan fingerprint density at radius 2 is 2.04 bits per heavy atom. The van der Waals surface area contributed by atoms with Crippen molar-refractivity contribution in [3.63, 3.8) is 0 Å². The van der Waals surface area contributed by atoms with E-state index in [-0.39, 0.29) is 19.1 Å². The minimum atomic E-state index is -0.164. The van der Waals surface area contributed by atoms with E-state index in [9.17, 15) is 4.79 Å². The number of nitrogens with one attached hydrogen (secondary N) is 1. The van der Waals surface area contributed by atoms with E-state index in [0.29, 0.717) is 5.75 Å². The first-order valence-corrected chi connectivity index (χ1v) is 7.95. The molecule has 0 atom stereocenters. The van der Waals surface area contributed by atoms with Gasteiger partial charge in [0.15, 0.2) is 11.5 Å². The first-order valence-electron chi connectivity index (χ1n) is 7.95. The van der Waals surface area contributed by atoms with Gasteiger partial charge in [-0.05, 0) is 41.3 Å². The quantitative estimate of drug-likeness (QED) is 0.589. The predicted octanol–water partition coefficient (Wildman–Crippen LogP) is 2.60. The fourth-order valence-electron chi connectivity index (χ4n) is 2.89. The molecular formula is C19H17N3O3. The minimum absolute atomic E-state index is 0.164. The van der Waals surface area contributed by atoms with Crippen LogP contribution in [-0.2, 0) is 18.3 Å². The number of rotatable bonds is 4. The summed E-state index contributed by atoms with van der Waals surface area (Å²) in [5.74, 6) is 1.24. The second-order valence-corrected chi connectivity index (χ2v) is 5.84. The number of hydrogen-bond acceptors (Lipinski definition) is 4. The predicted molar refractivity (Wildman–Crippen MR) is 94.9 cm³/mol. The largest absolute Gasteiger partial charge is 0.454 e. The molecule has 0 spiro atoms. The lowest BCUT2D eigenvalue weighted by molar-refractivity contribution is -0.120. The molecule has 1 amide bonds. The topological polar surface area (TPSA) is 64.9 Å². The van der Waals surface area contributed by atoms with Gasteiger partial charge in [-0.25, -0.2) is 5.43 Å². The van der Waals surface area contributed by atoms with Crippen LogP contribution in [0.5, 0.6) is 11.5 Å². The Morgan fingerprint density at radius 3 is 2.92 bits per heavy atom. The van der Waals surface area contributed by atoms with Gasteiger partial charge >= 0.3 is 0 Å². The summed E-state index contributed by atoms with van der Waals surface area (Å²) in [4.78, 5) is 12.1. The van der Waals surface area contributed by atoms with Crippen LogP contribution in [0.2, 0.25) is 0 Å². The van der Waals surface area contributed by atoms with Gasteiger partial charge in [0.25, 0.3) is 0 Å². The lowest BCUT2D eigenvalue weighted by Crippen LogP contribution is -2.20. The zero-order valence-corrected chi connectivity index (χ0v) is 13.7. The number of hydrazone groups is 1. The fraction of sp³-hybridized carbons (Fsp3) is 0.158. The number of carbonyl (C=O) groups excluding carboxylic acids is 1. The Bertz CT molecular complexity index is 975. The van der Waals surface area contributed by atoms with E-state index >= 15 is 0 Å². The highest BCUT2D eigenvalue weighted by atomic mass is 16.7. The van der Waals surface area contributed by atoms with Crippen LogP contribution in [0.4, 0.5) is 0 Å². The van der Waals surface area contributed by atoms with Crippen molar-refractivity contribution in [1.29, 1.82) is 0 Å². The van der Waals surface area contributed by atoms with Gasteiger partial charge in [0.1, 0.15) is 0 Å². The number of amides is 1. The van der Waals surface area contributed by atoms with Crippen molar-refractivity contribution < 1.29 is 14.3 Å². The number of fused-ring (bicyclic) bond motifs is 2. The van der Waals surface area contributed by atoms with Crippen molar-refractivity contribution >= 4 is 23.0 Å². The molecule has 0 bridgehead atoms. The van der Waals surface area contributed by atoms with Gasteiger partial charge < -0.3 is 14.0 Å². The summed E-state index contributed by atoms with van der Waals surface area (Å²) in [5, 5.41) is 5.14. The molecule has 6 nitrogen and oxygen atoms in total. The third-order valence-corrected chi connectivity index (χ3v) is 4.19. The van der Waals surface area contributed by atoms with Crippen LogP contribution in [-0.4, -0.2) is 23.5 Å². The average molecular weight is 335 g/mol. The van der Waals surface area contributed by atoms with Crippen LogP contribution in [0.25, 0.3) is 10.9 Å². The molecule has 2 aromatic carbocycles. The van der Waals surface area contributed by atoms with Crippen LogP contribution in [0, 0.1) is 0 Å². The molecule has 2 heterocycles. The minimum Gasteiger partial charge on any atom is -0.454 e. The van der Waals surface area contributed by atoms with Gasteiger partial charge in [-0.1, -0.05) is 18.2 Å². The molecule has 0 unspecified atom stereocenters. The van der Waals surface area contributed by atoms with E-state index < -0.39 is 0 Å².